The van der Waals surface area contributed by atoms with Gasteiger partial charge in [-0.05, 0) is 31.6 Å². The molecule has 0 unspecified atom stereocenters. The number of amides is 1. The molecular weight excluding hydrogens is 206 g/mol. The van der Waals surface area contributed by atoms with Crippen molar-refractivity contribution in [1.82, 2.24) is 5.32 Å². The largest absolute Gasteiger partial charge is 0.444 e. The third-order valence-corrected chi connectivity index (χ3v) is 4.18. The molecule has 2 bridgehead atoms. The van der Waals surface area contributed by atoms with Crippen LogP contribution in [0.3, 0.4) is 0 Å². The molecule has 16 heavy (non-hydrogen) atoms. The summed E-state index contributed by atoms with van der Waals surface area (Å²) in [6.45, 7) is 2.65. The molecule has 0 aromatic carbocycles. The van der Waals surface area contributed by atoms with Crippen molar-refractivity contribution < 1.29 is 14.3 Å². The van der Waals surface area contributed by atoms with Gasteiger partial charge in [-0.25, -0.2) is 4.79 Å². The first-order chi connectivity index (χ1) is 7.69. The molecule has 2 atom stereocenters. The molecule has 4 aliphatic rings. The van der Waals surface area contributed by atoms with E-state index in [4.69, 9.17) is 9.47 Å². The maximum Gasteiger partial charge on any atom is 0.407 e. The lowest BCUT2D eigenvalue weighted by Crippen LogP contribution is -2.68. The van der Waals surface area contributed by atoms with E-state index in [1.54, 1.807) is 0 Å². The number of carbonyl (C=O) groups is 1. The number of nitrogens with one attached hydrogen (secondary N) is 1. The summed E-state index contributed by atoms with van der Waals surface area (Å²) < 4.78 is 10.9. The van der Waals surface area contributed by atoms with Gasteiger partial charge in [0.2, 0.25) is 0 Å². The van der Waals surface area contributed by atoms with Crippen LogP contribution >= 0.6 is 0 Å². The number of hydrogen-bond acceptors (Lipinski definition) is 3. The highest BCUT2D eigenvalue weighted by molar-refractivity contribution is 5.69. The molecule has 1 amide bonds. The Morgan fingerprint density at radius 3 is 2.75 bits per heavy atom. The Morgan fingerprint density at radius 1 is 1.50 bits per heavy atom. The zero-order valence-electron chi connectivity index (χ0n) is 9.70. The highest BCUT2D eigenvalue weighted by Gasteiger charge is 2.57. The maximum atomic E-state index is 11.6. The molecule has 0 radical (unpaired) electrons. The van der Waals surface area contributed by atoms with Gasteiger partial charge < -0.3 is 14.8 Å². The quantitative estimate of drug-likeness (QED) is 0.797. The second kappa shape index (κ2) is 3.62. The van der Waals surface area contributed by atoms with Crippen LogP contribution in [0.4, 0.5) is 4.79 Å². The smallest absolute Gasteiger partial charge is 0.407 e. The molecule has 0 spiro atoms. The summed E-state index contributed by atoms with van der Waals surface area (Å²) in [6, 6.07) is 0. The van der Waals surface area contributed by atoms with Crippen LogP contribution in [0.25, 0.3) is 0 Å². The highest BCUT2D eigenvalue weighted by Crippen LogP contribution is 2.56. The van der Waals surface area contributed by atoms with Crippen molar-refractivity contribution in [3.05, 3.63) is 0 Å². The summed E-state index contributed by atoms with van der Waals surface area (Å²) in [6.07, 6.45) is 5.28. The van der Waals surface area contributed by atoms with Crippen molar-refractivity contribution in [1.29, 1.82) is 0 Å². The number of carbonyl (C=O) groups excluding carboxylic acids is 1. The Balaban J connectivity index is 1.42. The number of ether oxygens (including phenoxy) is 2. The Hall–Kier alpha value is -0.770. The normalized spacial score (nSPS) is 44.4. The summed E-state index contributed by atoms with van der Waals surface area (Å²) in [4.78, 5) is 11.6. The Bertz CT molecular complexity index is 288. The summed E-state index contributed by atoms with van der Waals surface area (Å²) in [5, 5.41) is 3.00. The molecule has 1 heterocycles. The molecule has 0 aromatic rings. The first-order valence-corrected chi connectivity index (χ1v) is 6.29. The lowest BCUT2D eigenvalue weighted by atomic mass is 9.50. The van der Waals surface area contributed by atoms with Gasteiger partial charge in [0.15, 0.2) is 0 Å². The van der Waals surface area contributed by atoms with Crippen LogP contribution in [-0.4, -0.2) is 30.4 Å². The van der Waals surface area contributed by atoms with Gasteiger partial charge in [-0.3, -0.25) is 0 Å². The van der Waals surface area contributed by atoms with E-state index in [-0.39, 0.29) is 23.8 Å². The molecular formula is C12H19NO3. The van der Waals surface area contributed by atoms with Crippen molar-refractivity contribution in [3.63, 3.8) is 0 Å². The fourth-order valence-electron chi connectivity index (χ4n) is 3.07. The maximum absolute atomic E-state index is 11.6. The zero-order chi connectivity index (χ0) is 11.2. The molecule has 4 nitrogen and oxygen atoms in total. The average molecular weight is 225 g/mol. The summed E-state index contributed by atoms with van der Waals surface area (Å²) in [5.41, 5.74) is 0.116. The SMILES string of the molecule is CC[C@@H]1C[C@H](OC(=O)NC23CC(C2)C3)CO1. The van der Waals surface area contributed by atoms with E-state index in [0.29, 0.717) is 6.61 Å². The van der Waals surface area contributed by atoms with E-state index >= 15 is 0 Å². The number of hydrogen-bond donors (Lipinski definition) is 1. The van der Waals surface area contributed by atoms with Crippen molar-refractivity contribution in [3.8, 4) is 0 Å². The van der Waals surface area contributed by atoms with Crippen molar-refractivity contribution in [2.75, 3.05) is 6.61 Å². The summed E-state index contributed by atoms with van der Waals surface area (Å²) in [7, 11) is 0. The first kappa shape index (κ1) is 10.4. The number of alkyl carbamates (subject to hydrolysis) is 1. The molecule has 1 saturated heterocycles. The molecule has 3 aliphatic carbocycles. The fourth-order valence-corrected chi connectivity index (χ4v) is 3.07. The lowest BCUT2D eigenvalue weighted by molar-refractivity contribution is -0.0510. The van der Waals surface area contributed by atoms with E-state index in [0.717, 1.165) is 38.0 Å². The van der Waals surface area contributed by atoms with E-state index in [1.165, 1.54) is 0 Å². The van der Waals surface area contributed by atoms with E-state index in [9.17, 15) is 4.79 Å². The van der Waals surface area contributed by atoms with Gasteiger partial charge in [0.05, 0.1) is 12.7 Å². The molecule has 90 valence electrons. The first-order valence-electron chi connectivity index (χ1n) is 6.29. The molecule has 1 aliphatic heterocycles. The molecule has 3 saturated carbocycles. The van der Waals surface area contributed by atoms with Crippen LogP contribution in [0.2, 0.25) is 0 Å². The van der Waals surface area contributed by atoms with Crippen molar-refractivity contribution >= 4 is 6.09 Å². The van der Waals surface area contributed by atoms with Gasteiger partial charge >= 0.3 is 6.09 Å². The summed E-state index contributed by atoms with van der Waals surface area (Å²) >= 11 is 0. The van der Waals surface area contributed by atoms with E-state index < -0.39 is 0 Å². The minimum Gasteiger partial charge on any atom is -0.444 e. The van der Waals surface area contributed by atoms with Gasteiger partial charge in [0, 0.05) is 12.0 Å². The molecule has 4 fully saturated rings. The minimum atomic E-state index is -0.247. The van der Waals surface area contributed by atoms with Gasteiger partial charge in [-0.15, -0.1) is 0 Å². The zero-order valence-corrected chi connectivity index (χ0v) is 9.70. The number of rotatable bonds is 3. The molecule has 1 N–H and O–H groups in total. The second-order valence-corrected chi connectivity index (χ2v) is 5.51. The van der Waals surface area contributed by atoms with E-state index in [2.05, 4.69) is 12.2 Å². The summed E-state index contributed by atoms with van der Waals surface area (Å²) in [5.74, 6) is 0.875. The molecule has 0 aromatic heterocycles. The van der Waals surface area contributed by atoms with Crippen molar-refractivity contribution in [2.45, 2.75) is 56.8 Å². The predicted molar refractivity (Wildman–Crippen MR) is 58.1 cm³/mol. The average Bonchev–Trinajstić information content (AvgIpc) is 2.57. The van der Waals surface area contributed by atoms with Crippen LogP contribution in [-0.2, 0) is 9.47 Å². The van der Waals surface area contributed by atoms with Crippen LogP contribution in [0.1, 0.15) is 39.0 Å². The second-order valence-electron chi connectivity index (χ2n) is 5.51. The lowest BCUT2D eigenvalue weighted by Gasteiger charge is -2.61. The standard InChI is InChI=1S/C12H19NO3/c1-2-9-3-10(7-15-9)16-11(14)13-12-4-8(5-12)6-12/h8-10H,2-7H2,1H3,(H,13,14)/t8?,9-,10+,12?/m1/s1. The van der Waals surface area contributed by atoms with Crippen molar-refractivity contribution in [2.24, 2.45) is 5.92 Å². The van der Waals surface area contributed by atoms with E-state index in [1.807, 2.05) is 0 Å². The molecule has 4 heteroatoms. The van der Waals surface area contributed by atoms with Crippen LogP contribution < -0.4 is 5.32 Å². The third kappa shape index (κ3) is 1.69. The topological polar surface area (TPSA) is 47.6 Å². The van der Waals surface area contributed by atoms with Crippen LogP contribution in [0.15, 0.2) is 0 Å². The van der Waals surface area contributed by atoms with Crippen LogP contribution in [0, 0.1) is 5.92 Å². The fraction of sp³-hybridized carbons (Fsp3) is 0.917. The van der Waals surface area contributed by atoms with Gasteiger partial charge in [0.1, 0.15) is 6.10 Å². The minimum absolute atomic E-state index is 0.0442. The van der Waals surface area contributed by atoms with Crippen LogP contribution in [0.5, 0.6) is 0 Å². The Kier molecular flexibility index (Phi) is 2.35. The molecule has 4 rings (SSSR count). The highest BCUT2D eigenvalue weighted by atomic mass is 16.6. The van der Waals surface area contributed by atoms with Gasteiger partial charge in [-0.1, -0.05) is 6.92 Å². The Labute approximate surface area is 95.7 Å². The van der Waals surface area contributed by atoms with Gasteiger partial charge in [-0.2, -0.15) is 0 Å². The van der Waals surface area contributed by atoms with Gasteiger partial charge in [0.25, 0.3) is 0 Å². The third-order valence-electron chi connectivity index (χ3n) is 4.18. The monoisotopic (exact) mass is 225 g/mol. The Morgan fingerprint density at radius 2 is 2.25 bits per heavy atom. The predicted octanol–water partition coefficient (Wildman–Crippen LogP) is 1.83.